The summed E-state index contributed by atoms with van der Waals surface area (Å²) in [7, 11) is -2.11. The number of fused-ring (bicyclic) bond motifs is 1. The molecule has 0 radical (unpaired) electrons. The lowest BCUT2D eigenvalue weighted by Gasteiger charge is -2.42. The summed E-state index contributed by atoms with van der Waals surface area (Å²) in [6.07, 6.45) is 4.16. The summed E-state index contributed by atoms with van der Waals surface area (Å²) in [6.45, 7) is 22.4. The van der Waals surface area contributed by atoms with Crippen molar-refractivity contribution in [2.24, 2.45) is 5.41 Å². The van der Waals surface area contributed by atoms with Crippen LogP contribution in [0.4, 0.5) is 0 Å². The molecule has 5 nitrogen and oxygen atoms in total. The zero-order valence-electron chi connectivity index (χ0n) is 23.7. The van der Waals surface area contributed by atoms with Gasteiger partial charge < -0.3 is 9.16 Å². The molecule has 35 heavy (non-hydrogen) atoms. The van der Waals surface area contributed by atoms with Gasteiger partial charge >= 0.3 is 5.97 Å². The standard InChI is InChI=1S/C29H47NO4Si/c1-11-29(12-2,13-3)28(32)30-18-23(19-34-35(20(5)6,21(7)8)22(9)10)24-16-15-17-25(26(24)30)27(31)33-14-4/h15-18,20-22H,11-14,19H2,1-10H3. The molecule has 0 spiro atoms. The molecule has 0 aliphatic heterocycles. The molecular formula is C29H47NO4Si. The fourth-order valence-corrected chi connectivity index (χ4v) is 11.6. The number of esters is 1. The first-order valence-corrected chi connectivity index (χ1v) is 15.6. The number of nitrogens with zero attached hydrogens (tertiary/aromatic N) is 1. The molecule has 6 heteroatoms. The second-order valence-electron chi connectivity index (χ2n) is 10.7. The molecular weight excluding hydrogens is 454 g/mol. The molecule has 0 bridgehead atoms. The molecule has 2 rings (SSSR count). The van der Waals surface area contributed by atoms with Gasteiger partial charge in [-0.3, -0.25) is 9.36 Å². The van der Waals surface area contributed by atoms with Crippen LogP contribution in [0.25, 0.3) is 10.9 Å². The Morgan fingerprint density at radius 3 is 1.91 bits per heavy atom. The molecule has 0 aliphatic carbocycles. The van der Waals surface area contributed by atoms with Gasteiger partial charge in [-0.2, -0.15) is 0 Å². The predicted molar refractivity (Wildman–Crippen MR) is 148 cm³/mol. The molecule has 2 aromatic rings. The molecule has 0 saturated carbocycles. The Balaban J connectivity index is 2.74. The van der Waals surface area contributed by atoms with E-state index >= 15 is 0 Å². The Bertz CT molecular complexity index is 987. The molecule has 0 aliphatic rings. The van der Waals surface area contributed by atoms with Gasteiger partial charge in [0.2, 0.25) is 14.2 Å². The van der Waals surface area contributed by atoms with E-state index in [1.54, 1.807) is 17.6 Å². The highest BCUT2D eigenvalue weighted by atomic mass is 28.4. The highest BCUT2D eigenvalue weighted by Crippen LogP contribution is 2.43. The van der Waals surface area contributed by atoms with Gasteiger partial charge in [0.05, 0.1) is 24.3 Å². The van der Waals surface area contributed by atoms with Crippen LogP contribution < -0.4 is 0 Å². The SMILES string of the molecule is CCOC(=O)c1cccc2c(CO[Si](C(C)C)(C(C)C)C(C)C)cn(C(=O)C(CC)(CC)CC)c12. The maximum Gasteiger partial charge on any atom is 0.340 e. The van der Waals surface area contributed by atoms with Crippen LogP contribution in [-0.4, -0.2) is 31.4 Å². The van der Waals surface area contributed by atoms with Gasteiger partial charge in [0, 0.05) is 22.6 Å². The van der Waals surface area contributed by atoms with Gasteiger partial charge in [0.1, 0.15) is 0 Å². The third kappa shape index (κ3) is 5.29. The van der Waals surface area contributed by atoms with Crippen molar-refractivity contribution in [1.29, 1.82) is 0 Å². The average Bonchev–Trinajstić information content (AvgIpc) is 3.19. The van der Waals surface area contributed by atoms with E-state index in [1.165, 1.54) is 0 Å². The van der Waals surface area contributed by atoms with Crippen LogP contribution in [0.2, 0.25) is 16.6 Å². The maximum absolute atomic E-state index is 14.0. The molecule has 1 aromatic carbocycles. The Hall–Kier alpha value is -1.92. The third-order valence-corrected chi connectivity index (χ3v) is 14.3. The van der Waals surface area contributed by atoms with Crippen molar-refractivity contribution in [2.75, 3.05) is 6.61 Å². The van der Waals surface area contributed by atoms with Crippen molar-refractivity contribution in [3.05, 3.63) is 35.5 Å². The lowest BCUT2D eigenvalue weighted by atomic mass is 9.79. The van der Waals surface area contributed by atoms with Crippen LogP contribution in [0, 0.1) is 5.41 Å². The van der Waals surface area contributed by atoms with Crippen molar-refractivity contribution in [3.63, 3.8) is 0 Å². The Morgan fingerprint density at radius 2 is 1.46 bits per heavy atom. The second kappa shape index (κ2) is 11.9. The third-order valence-electron chi connectivity index (χ3n) is 8.29. The van der Waals surface area contributed by atoms with Crippen molar-refractivity contribution in [2.45, 2.75) is 112 Å². The van der Waals surface area contributed by atoms with Crippen molar-refractivity contribution in [1.82, 2.24) is 4.57 Å². The van der Waals surface area contributed by atoms with E-state index in [9.17, 15) is 9.59 Å². The van der Waals surface area contributed by atoms with E-state index in [0.29, 0.717) is 34.3 Å². The van der Waals surface area contributed by atoms with E-state index in [2.05, 4.69) is 62.3 Å². The van der Waals surface area contributed by atoms with E-state index in [1.807, 2.05) is 18.3 Å². The average molecular weight is 502 g/mol. The molecule has 0 saturated heterocycles. The Kier molecular flexibility index (Phi) is 9.94. The van der Waals surface area contributed by atoms with Gasteiger partial charge in [0.25, 0.3) is 0 Å². The molecule has 196 valence electrons. The van der Waals surface area contributed by atoms with Gasteiger partial charge in [-0.1, -0.05) is 74.4 Å². The number of hydrogen-bond acceptors (Lipinski definition) is 4. The first-order valence-electron chi connectivity index (χ1n) is 13.5. The number of carbonyl (C=O) groups excluding carboxylic acids is 2. The number of rotatable bonds is 12. The monoisotopic (exact) mass is 501 g/mol. The van der Waals surface area contributed by atoms with Gasteiger partial charge in [-0.25, -0.2) is 4.79 Å². The van der Waals surface area contributed by atoms with Crippen LogP contribution in [0.3, 0.4) is 0 Å². The zero-order valence-corrected chi connectivity index (χ0v) is 24.7. The number of para-hydroxylation sites is 1. The van der Waals surface area contributed by atoms with Crippen LogP contribution >= 0.6 is 0 Å². The summed E-state index contributed by atoms with van der Waals surface area (Å²) >= 11 is 0. The minimum Gasteiger partial charge on any atom is -0.462 e. The summed E-state index contributed by atoms with van der Waals surface area (Å²) in [4.78, 5) is 26.9. The maximum atomic E-state index is 14.0. The molecule has 0 N–H and O–H groups in total. The second-order valence-corrected chi connectivity index (χ2v) is 16.2. The molecule has 0 fully saturated rings. The fraction of sp³-hybridized carbons (Fsp3) is 0.655. The van der Waals surface area contributed by atoms with Crippen LogP contribution in [-0.2, 0) is 15.8 Å². The molecule has 1 aromatic heterocycles. The van der Waals surface area contributed by atoms with E-state index in [0.717, 1.165) is 30.2 Å². The van der Waals surface area contributed by atoms with Crippen LogP contribution in [0.1, 0.15) is 109 Å². The van der Waals surface area contributed by atoms with Crippen LogP contribution in [0.5, 0.6) is 0 Å². The summed E-state index contributed by atoms with van der Waals surface area (Å²) in [5, 5.41) is 0.889. The van der Waals surface area contributed by atoms with E-state index in [-0.39, 0.29) is 12.5 Å². The van der Waals surface area contributed by atoms with Crippen LogP contribution in [0.15, 0.2) is 24.4 Å². The van der Waals surface area contributed by atoms with Gasteiger partial charge in [0.15, 0.2) is 0 Å². The van der Waals surface area contributed by atoms with E-state index in [4.69, 9.17) is 9.16 Å². The number of benzene rings is 1. The Labute approximate surface area is 213 Å². The molecule has 1 heterocycles. The van der Waals surface area contributed by atoms with Gasteiger partial charge in [-0.15, -0.1) is 0 Å². The highest BCUT2D eigenvalue weighted by Gasteiger charge is 2.45. The minimum absolute atomic E-state index is 0.0399. The van der Waals surface area contributed by atoms with Crippen molar-refractivity contribution >= 4 is 31.1 Å². The zero-order chi connectivity index (χ0) is 26.6. The summed E-state index contributed by atoms with van der Waals surface area (Å²) < 4.78 is 14.0. The largest absolute Gasteiger partial charge is 0.462 e. The molecule has 0 unspecified atom stereocenters. The summed E-state index contributed by atoms with van der Waals surface area (Å²) in [5.74, 6) is -0.360. The number of aromatic nitrogens is 1. The first-order chi connectivity index (χ1) is 16.5. The van der Waals surface area contributed by atoms with E-state index < -0.39 is 19.7 Å². The normalized spacial score (nSPS) is 12.8. The predicted octanol–water partition coefficient (Wildman–Crippen LogP) is 8.37. The fourth-order valence-electron chi connectivity index (χ4n) is 6.16. The first kappa shape index (κ1) is 29.3. The smallest absolute Gasteiger partial charge is 0.340 e. The lowest BCUT2D eigenvalue weighted by Crippen LogP contribution is -2.47. The van der Waals surface area contributed by atoms with Crippen molar-refractivity contribution in [3.8, 4) is 0 Å². The number of hydrogen-bond donors (Lipinski definition) is 0. The van der Waals surface area contributed by atoms with Crippen molar-refractivity contribution < 1.29 is 18.8 Å². The Morgan fingerprint density at radius 1 is 0.914 bits per heavy atom. The molecule has 0 amide bonds. The lowest BCUT2D eigenvalue weighted by molar-refractivity contribution is 0.0528. The molecule has 0 atom stereocenters. The number of carbonyl (C=O) groups is 2. The summed E-state index contributed by atoms with van der Waals surface area (Å²) in [5.41, 5.74) is 2.93. The highest BCUT2D eigenvalue weighted by molar-refractivity contribution is 6.77. The summed E-state index contributed by atoms with van der Waals surface area (Å²) in [6, 6.07) is 5.63. The van der Waals surface area contributed by atoms with Gasteiger partial charge in [-0.05, 0) is 48.9 Å². The number of ether oxygens (including phenoxy) is 1. The quantitative estimate of drug-likeness (QED) is 0.216. The minimum atomic E-state index is -2.11. The topological polar surface area (TPSA) is 57.5 Å².